The molecule has 1 aromatic rings. The van der Waals surface area contributed by atoms with Crippen LogP contribution in [0.4, 0.5) is 10.5 Å². The fourth-order valence-electron chi connectivity index (χ4n) is 2.25. The summed E-state index contributed by atoms with van der Waals surface area (Å²) in [5.74, 6) is 0. The van der Waals surface area contributed by atoms with Gasteiger partial charge in [-0.2, -0.15) is 0 Å². The Balaban J connectivity index is 2.04. The number of aldehydes is 1. The van der Waals surface area contributed by atoms with Crippen LogP contribution in [0.5, 0.6) is 0 Å². The third-order valence-electron chi connectivity index (χ3n) is 3.26. The van der Waals surface area contributed by atoms with Crippen LogP contribution in [0, 0.1) is 0 Å². The molecule has 0 unspecified atom stereocenters. The number of halogens is 1. The Morgan fingerprint density at radius 3 is 2.65 bits per heavy atom. The van der Waals surface area contributed by atoms with E-state index in [0.717, 1.165) is 16.4 Å². The number of benzene rings is 1. The van der Waals surface area contributed by atoms with Crippen molar-refractivity contribution < 1.29 is 14.3 Å². The fraction of sp³-hybridized carbons (Fsp3) is 0.429. The quantitative estimate of drug-likeness (QED) is 0.793. The zero-order chi connectivity index (χ0) is 14.5. The predicted octanol–water partition coefficient (Wildman–Crippen LogP) is 2.54. The molecule has 0 N–H and O–H groups in total. The highest BCUT2D eigenvalue weighted by Gasteiger charge is 2.23. The van der Waals surface area contributed by atoms with Crippen molar-refractivity contribution in [3.63, 3.8) is 0 Å². The highest BCUT2D eigenvalue weighted by molar-refractivity contribution is 9.10. The van der Waals surface area contributed by atoms with E-state index in [-0.39, 0.29) is 6.09 Å². The zero-order valence-electron chi connectivity index (χ0n) is 11.3. The Hall–Kier alpha value is -1.56. The summed E-state index contributed by atoms with van der Waals surface area (Å²) < 4.78 is 5.87. The van der Waals surface area contributed by atoms with Gasteiger partial charge in [-0.15, -0.1) is 0 Å². The van der Waals surface area contributed by atoms with Crippen LogP contribution < -0.4 is 4.90 Å². The lowest BCUT2D eigenvalue weighted by molar-refractivity contribution is 0.105. The number of rotatable bonds is 3. The van der Waals surface area contributed by atoms with Crippen molar-refractivity contribution in [2.75, 3.05) is 37.7 Å². The number of carbonyl (C=O) groups excluding carboxylic acids is 2. The second kappa shape index (κ2) is 6.74. The van der Waals surface area contributed by atoms with E-state index in [4.69, 9.17) is 4.74 Å². The lowest BCUT2D eigenvalue weighted by atomic mass is 10.1. The van der Waals surface area contributed by atoms with Gasteiger partial charge in [-0.25, -0.2) is 4.79 Å². The Bertz CT molecular complexity index is 499. The molecule has 1 aliphatic heterocycles. The molecule has 1 saturated heterocycles. The molecule has 0 spiro atoms. The number of piperazine rings is 1. The Morgan fingerprint density at radius 1 is 1.35 bits per heavy atom. The van der Waals surface area contributed by atoms with Gasteiger partial charge in [0.2, 0.25) is 0 Å². The van der Waals surface area contributed by atoms with Gasteiger partial charge in [0.05, 0.1) is 6.61 Å². The predicted molar refractivity (Wildman–Crippen MR) is 80.3 cm³/mol. The Morgan fingerprint density at radius 2 is 2.05 bits per heavy atom. The van der Waals surface area contributed by atoms with E-state index in [0.29, 0.717) is 38.3 Å². The van der Waals surface area contributed by atoms with Gasteiger partial charge in [0.1, 0.15) is 0 Å². The van der Waals surface area contributed by atoms with E-state index >= 15 is 0 Å². The van der Waals surface area contributed by atoms with E-state index in [1.165, 1.54) is 0 Å². The molecular weight excluding hydrogens is 324 g/mol. The van der Waals surface area contributed by atoms with Crippen LogP contribution in [0.1, 0.15) is 17.3 Å². The summed E-state index contributed by atoms with van der Waals surface area (Å²) >= 11 is 3.36. The third-order valence-corrected chi connectivity index (χ3v) is 3.76. The van der Waals surface area contributed by atoms with Crippen molar-refractivity contribution in [3.05, 3.63) is 28.2 Å². The van der Waals surface area contributed by atoms with Crippen molar-refractivity contribution in [1.29, 1.82) is 0 Å². The molecule has 0 radical (unpaired) electrons. The van der Waals surface area contributed by atoms with E-state index in [2.05, 4.69) is 20.8 Å². The van der Waals surface area contributed by atoms with Gasteiger partial charge >= 0.3 is 6.09 Å². The maximum Gasteiger partial charge on any atom is 0.409 e. The molecule has 0 saturated carbocycles. The molecule has 1 fully saturated rings. The molecule has 1 aromatic carbocycles. The maximum absolute atomic E-state index is 11.6. The van der Waals surface area contributed by atoms with Gasteiger partial charge in [-0.05, 0) is 25.1 Å². The van der Waals surface area contributed by atoms with Gasteiger partial charge in [0.25, 0.3) is 0 Å². The number of amides is 1. The van der Waals surface area contributed by atoms with Crippen molar-refractivity contribution >= 4 is 34.0 Å². The third kappa shape index (κ3) is 3.30. The molecule has 1 heterocycles. The molecule has 0 bridgehead atoms. The Labute approximate surface area is 126 Å². The minimum atomic E-state index is -0.265. The molecule has 108 valence electrons. The van der Waals surface area contributed by atoms with E-state index < -0.39 is 0 Å². The molecule has 0 aromatic heterocycles. The van der Waals surface area contributed by atoms with Gasteiger partial charge in [0.15, 0.2) is 6.29 Å². The van der Waals surface area contributed by atoms with Crippen molar-refractivity contribution in [2.24, 2.45) is 0 Å². The lowest BCUT2D eigenvalue weighted by Crippen LogP contribution is -2.49. The second-order valence-corrected chi connectivity index (χ2v) is 5.41. The number of nitrogens with zero attached hydrogens (tertiary/aromatic N) is 2. The smallest absolute Gasteiger partial charge is 0.409 e. The van der Waals surface area contributed by atoms with Crippen molar-refractivity contribution in [2.45, 2.75) is 6.92 Å². The van der Waals surface area contributed by atoms with Crippen LogP contribution in [-0.2, 0) is 4.74 Å². The minimum Gasteiger partial charge on any atom is -0.450 e. The summed E-state index contributed by atoms with van der Waals surface area (Å²) in [5.41, 5.74) is 1.57. The second-order valence-electron chi connectivity index (χ2n) is 4.49. The SMILES string of the molecule is CCOC(=O)N1CCN(c2ccc(Br)cc2C=O)CC1. The van der Waals surface area contributed by atoms with Crippen molar-refractivity contribution in [1.82, 2.24) is 4.90 Å². The minimum absolute atomic E-state index is 0.265. The number of hydrogen-bond acceptors (Lipinski definition) is 4. The molecule has 0 atom stereocenters. The summed E-state index contributed by atoms with van der Waals surface area (Å²) in [6, 6.07) is 5.65. The number of ether oxygens (including phenoxy) is 1. The van der Waals surface area contributed by atoms with E-state index in [1.807, 2.05) is 12.1 Å². The normalized spacial score (nSPS) is 15.1. The van der Waals surface area contributed by atoms with Crippen LogP contribution in [0.3, 0.4) is 0 Å². The van der Waals surface area contributed by atoms with Gasteiger partial charge in [-0.1, -0.05) is 15.9 Å². The number of hydrogen-bond donors (Lipinski definition) is 0. The molecule has 5 nitrogen and oxygen atoms in total. The van der Waals surface area contributed by atoms with Crippen LogP contribution in [0.15, 0.2) is 22.7 Å². The first-order chi connectivity index (χ1) is 9.65. The van der Waals surface area contributed by atoms with Crippen LogP contribution in [-0.4, -0.2) is 50.1 Å². The Kier molecular flexibility index (Phi) is 5.00. The maximum atomic E-state index is 11.6. The highest BCUT2D eigenvalue weighted by Crippen LogP contribution is 2.24. The van der Waals surface area contributed by atoms with Gasteiger partial charge < -0.3 is 14.5 Å². The van der Waals surface area contributed by atoms with Crippen molar-refractivity contribution in [3.8, 4) is 0 Å². The molecule has 0 aliphatic carbocycles. The van der Waals surface area contributed by atoms with Crippen LogP contribution in [0.2, 0.25) is 0 Å². The number of carbonyl (C=O) groups is 2. The fourth-order valence-corrected chi connectivity index (χ4v) is 2.63. The molecule has 20 heavy (non-hydrogen) atoms. The van der Waals surface area contributed by atoms with E-state index in [1.54, 1.807) is 17.9 Å². The molecular formula is C14H17BrN2O3. The monoisotopic (exact) mass is 340 g/mol. The largest absolute Gasteiger partial charge is 0.450 e. The molecule has 6 heteroatoms. The molecule has 1 aliphatic rings. The first kappa shape index (κ1) is 14.8. The summed E-state index contributed by atoms with van der Waals surface area (Å²) in [6.45, 7) is 4.79. The average Bonchev–Trinajstić information content (AvgIpc) is 2.47. The summed E-state index contributed by atoms with van der Waals surface area (Å²) in [4.78, 5) is 26.6. The van der Waals surface area contributed by atoms with Crippen LogP contribution >= 0.6 is 15.9 Å². The number of anilines is 1. The topological polar surface area (TPSA) is 49.9 Å². The summed E-state index contributed by atoms with van der Waals surface area (Å²) in [6.07, 6.45) is 0.594. The molecule has 1 amide bonds. The lowest BCUT2D eigenvalue weighted by Gasteiger charge is -2.36. The van der Waals surface area contributed by atoms with E-state index in [9.17, 15) is 9.59 Å². The first-order valence-corrected chi connectivity index (χ1v) is 7.36. The summed E-state index contributed by atoms with van der Waals surface area (Å²) in [5, 5.41) is 0. The molecule has 2 rings (SSSR count). The zero-order valence-corrected chi connectivity index (χ0v) is 12.9. The standard InChI is InChI=1S/C14H17BrN2O3/c1-2-20-14(19)17-7-5-16(6-8-17)13-4-3-12(15)9-11(13)10-18/h3-4,9-10H,2,5-8H2,1H3. The van der Waals surface area contributed by atoms with Gasteiger partial charge in [-0.3, -0.25) is 4.79 Å². The summed E-state index contributed by atoms with van der Waals surface area (Å²) in [7, 11) is 0. The van der Waals surface area contributed by atoms with Crippen LogP contribution in [0.25, 0.3) is 0 Å². The average molecular weight is 341 g/mol. The van der Waals surface area contributed by atoms with Gasteiger partial charge in [0, 0.05) is 41.9 Å². The first-order valence-electron chi connectivity index (χ1n) is 6.57. The highest BCUT2D eigenvalue weighted by atomic mass is 79.9.